The van der Waals surface area contributed by atoms with Gasteiger partial charge in [-0.25, -0.2) is 0 Å². The van der Waals surface area contributed by atoms with E-state index in [1.54, 1.807) is 0 Å². The molecule has 3 nitrogen and oxygen atoms in total. The van der Waals surface area contributed by atoms with Crippen LogP contribution in [0.25, 0.3) is 0 Å². The van der Waals surface area contributed by atoms with Crippen molar-refractivity contribution in [2.75, 3.05) is 33.8 Å². The second-order valence-electron chi connectivity index (χ2n) is 5.26. The Morgan fingerprint density at radius 3 is 2.61 bits per heavy atom. The summed E-state index contributed by atoms with van der Waals surface area (Å²) in [4.78, 5) is 2.15. The minimum absolute atomic E-state index is 0.173. The fourth-order valence-electron chi connectivity index (χ4n) is 1.88. The predicted octanol–water partition coefficient (Wildman–Crippen LogP) is 2.06. The first-order chi connectivity index (χ1) is 8.75. The van der Waals surface area contributed by atoms with Gasteiger partial charge in [-0.05, 0) is 32.5 Å². The Kier molecular flexibility index (Phi) is 5.17. The number of likely N-dealkylation sites (N-methyl/N-ethyl adjacent to an activating group) is 1. The number of nitrogens with zero attached hydrogens (tertiary/aromatic N) is 1. The molecule has 1 aromatic carbocycles. The molecule has 1 saturated carbocycles. The SMILES string of the molecule is CN(C)CCOC(CNC1CC1)c1ccccc1. The lowest BCUT2D eigenvalue weighted by atomic mass is 10.1. The van der Waals surface area contributed by atoms with Crippen LogP contribution in [0.5, 0.6) is 0 Å². The summed E-state index contributed by atoms with van der Waals surface area (Å²) in [7, 11) is 4.15. The third kappa shape index (κ3) is 4.77. The van der Waals surface area contributed by atoms with Crippen LogP contribution in [0.1, 0.15) is 24.5 Å². The number of benzene rings is 1. The molecule has 1 unspecified atom stereocenters. The Morgan fingerprint density at radius 1 is 1.28 bits per heavy atom. The van der Waals surface area contributed by atoms with E-state index in [4.69, 9.17) is 4.74 Å². The highest BCUT2D eigenvalue weighted by atomic mass is 16.5. The van der Waals surface area contributed by atoms with E-state index in [1.807, 2.05) is 0 Å². The van der Waals surface area contributed by atoms with Crippen molar-refractivity contribution in [3.63, 3.8) is 0 Å². The van der Waals surface area contributed by atoms with Crippen molar-refractivity contribution in [2.45, 2.75) is 25.0 Å². The van der Waals surface area contributed by atoms with Gasteiger partial charge in [0.2, 0.25) is 0 Å². The zero-order valence-electron chi connectivity index (χ0n) is 11.4. The summed E-state index contributed by atoms with van der Waals surface area (Å²) in [6, 6.07) is 11.2. The molecule has 0 aromatic heterocycles. The van der Waals surface area contributed by atoms with Crippen molar-refractivity contribution in [3.8, 4) is 0 Å². The van der Waals surface area contributed by atoms with Gasteiger partial charge in [0.15, 0.2) is 0 Å². The topological polar surface area (TPSA) is 24.5 Å². The van der Waals surface area contributed by atoms with Gasteiger partial charge >= 0.3 is 0 Å². The Hall–Kier alpha value is -0.900. The van der Waals surface area contributed by atoms with Gasteiger partial charge in [0.05, 0.1) is 12.7 Å². The summed E-state index contributed by atoms with van der Waals surface area (Å²) in [6.45, 7) is 2.66. The summed E-state index contributed by atoms with van der Waals surface area (Å²) in [6.07, 6.45) is 2.81. The first kappa shape index (κ1) is 13.5. The van der Waals surface area contributed by atoms with Crippen LogP contribution in [0.15, 0.2) is 30.3 Å². The van der Waals surface area contributed by atoms with Crippen molar-refractivity contribution in [2.24, 2.45) is 0 Å². The highest BCUT2D eigenvalue weighted by Gasteiger charge is 2.22. The molecule has 0 amide bonds. The highest BCUT2D eigenvalue weighted by molar-refractivity contribution is 5.18. The first-order valence-electron chi connectivity index (χ1n) is 6.80. The largest absolute Gasteiger partial charge is 0.371 e. The van der Waals surface area contributed by atoms with E-state index >= 15 is 0 Å². The maximum Gasteiger partial charge on any atom is 0.0949 e. The van der Waals surface area contributed by atoms with Gasteiger partial charge in [0.1, 0.15) is 0 Å². The van der Waals surface area contributed by atoms with Crippen LogP contribution < -0.4 is 5.32 Å². The van der Waals surface area contributed by atoms with Gasteiger partial charge in [-0.15, -0.1) is 0 Å². The molecule has 1 N–H and O–H groups in total. The summed E-state index contributed by atoms with van der Waals surface area (Å²) < 4.78 is 6.01. The summed E-state index contributed by atoms with van der Waals surface area (Å²) in [5.74, 6) is 0. The molecule has 2 rings (SSSR count). The molecule has 1 aromatic rings. The van der Waals surface area contributed by atoms with E-state index in [2.05, 4.69) is 54.6 Å². The quantitative estimate of drug-likeness (QED) is 0.762. The molecular weight excluding hydrogens is 224 g/mol. The van der Waals surface area contributed by atoms with Crippen molar-refractivity contribution >= 4 is 0 Å². The molecule has 0 aliphatic heterocycles. The Morgan fingerprint density at radius 2 is 2.00 bits per heavy atom. The molecular formula is C15H24N2O. The van der Waals surface area contributed by atoms with Crippen LogP contribution in [-0.2, 0) is 4.74 Å². The molecule has 100 valence electrons. The maximum absolute atomic E-state index is 6.01. The average molecular weight is 248 g/mol. The number of ether oxygens (including phenoxy) is 1. The fraction of sp³-hybridized carbons (Fsp3) is 0.600. The fourth-order valence-corrected chi connectivity index (χ4v) is 1.88. The number of nitrogens with one attached hydrogen (secondary N) is 1. The van der Waals surface area contributed by atoms with Crippen LogP contribution in [0.3, 0.4) is 0 Å². The van der Waals surface area contributed by atoms with Crippen molar-refractivity contribution in [1.29, 1.82) is 0 Å². The van der Waals surface area contributed by atoms with Crippen LogP contribution in [0.4, 0.5) is 0 Å². The maximum atomic E-state index is 6.01. The second-order valence-corrected chi connectivity index (χ2v) is 5.26. The standard InChI is InChI=1S/C15H24N2O/c1-17(2)10-11-18-15(12-16-14-8-9-14)13-6-4-3-5-7-13/h3-7,14-16H,8-12H2,1-2H3. The number of hydrogen-bond donors (Lipinski definition) is 1. The molecule has 3 heteroatoms. The zero-order chi connectivity index (χ0) is 12.8. The minimum Gasteiger partial charge on any atom is -0.371 e. The lowest BCUT2D eigenvalue weighted by molar-refractivity contribution is 0.0433. The normalized spacial score (nSPS) is 17.1. The summed E-state index contributed by atoms with van der Waals surface area (Å²) >= 11 is 0. The van der Waals surface area contributed by atoms with E-state index < -0.39 is 0 Å². The van der Waals surface area contributed by atoms with E-state index in [9.17, 15) is 0 Å². The monoisotopic (exact) mass is 248 g/mol. The Bertz CT molecular complexity index is 336. The predicted molar refractivity (Wildman–Crippen MR) is 74.7 cm³/mol. The molecule has 1 atom stereocenters. The van der Waals surface area contributed by atoms with E-state index in [0.29, 0.717) is 0 Å². The van der Waals surface area contributed by atoms with Gasteiger partial charge in [0, 0.05) is 19.1 Å². The van der Waals surface area contributed by atoms with E-state index in [0.717, 1.165) is 25.7 Å². The molecule has 1 fully saturated rings. The first-order valence-corrected chi connectivity index (χ1v) is 6.80. The van der Waals surface area contributed by atoms with Gasteiger partial charge in [-0.1, -0.05) is 30.3 Å². The van der Waals surface area contributed by atoms with E-state index in [-0.39, 0.29) is 6.10 Å². The van der Waals surface area contributed by atoms with Gasteiger partial charge in [-0.3, -0.25) is 0 Å². The van der Waals surface area contributed by atoms with Crippen molar-refractivity contribution < 1.29 is 4.74 Å². The van der Waals surface area contributed by atoms with Crippen molar-refractivity contribution in [3.05, 3.63) is 35.9 Å². The van der Waals surface area contributed by atoms with Crippen LogP contribution in [0, 0.1) is 0 Å². The van der Waals surface area contributed by atoms with E-state index in [1.165, 1.54) is 18.4 Å². The highest BCUT2D eigenvalue weighted by Crippen LogP contribution is 2.22. The average Bonchev–Trinajstić information content (AvgIpc) is 3.18. The number of hydrogen-bond acceptors (Lipinski definition) is 3. The molecule has 0 bridgehead atoms. The molecule has 0 spiro atoms. The van der Waals surface area contributed by atoms with Crippen LogP contribution in [0.2, 0.25) is 0 Å². The third-order valence-electron chi connectivity index (χ3n) is 3.20. The third-order valence-corrected chi connectivity index (χ3v) is 3.20. The Labute approximate surface area is 110 Å². The summed E-state index contributed by atoms with van der Waals surface area (Å²) in [5, 5.41) is 3.55. The Balaban J connectivity index is 1.84. The van der Waals surface area contributed by atoms with Crippen LogP contribution in [-0.4, -0.2) is 44.7 Å². The number of rotatable bonds is 8. The second kappa shape index (κ2) is 6.88. The van der Waals surface area contributed by atoms with Crippen LogP contribution >= 0.6 is 0 Å². The lowest BCUT2D eigenvalue weighted by Gasteiger charge is -2.20. The van der Waals surface area contributed by atoms with Gasteiger partial charge in [-0.2, -0.15) is 0 Å². The molecule has 0 saturated heterocycles. The molecule has 18 heavy (non-hydrogen) atoms. The lowest BCUT2D eigenvalue weighted by Crippen LogP contribution is -2.27. The smallest absolute Gasteiger partial charge is 0.0949 e. The summed E-state index contributed by atoms with van der Waals surface area (Å²) in [5.41, 5.74) is 1.27. The molecule has 0 radical (unpaired) electrons. The van der Waals surface area contributed by atoms with Crippen molar-refractivity contribution in [1.82, 2.24) is 10.2 Å². The molecule has 1 aliphatic rings. The molecule has 1 aliphatic carbocycles. The van der Waals surface area contributed by atoms with Gasteiger partial charge in [0.25, 0.3) is 0 Å². The zero-order valence-corrected chi connectivity index (χ0v) is 11.4. The minimum atomic E-state index is 0.173. The molecule has 0 heterocycles. The van der Waals surface area contributed by atoms with Gasteiger partial charge < -0.3 is 15.0 Å².